The van der Waals surface area contributed by atoms with Crippen molar-refractivity contribution in [2.24, 2.45) is 0 Å². The Kier molecular flexibility index (Phi) is 5.99. The molecule has 9 aromatic carbocycles. The molecule has 0 saturated heterocycles. The van der Waals surface area contributed by atoms with Crippen LogP contribution in [-0.4, -0.2) is 9.38 Å². The van der Waals surface area contributed by atoms with Crippen molar-refractivity contribution < 1.29 is 0 Å². The number of rotatable bonds is 3. The van der Waals surface area contributed by atoms with Gasteiger partial charge in [0.15, 0.2) is 0 Å². The Morgan fingerprint density at radius 1 is 0.314 bits per heavy atom. The van der Waals surface area contributed by atoms with E-state index in [1.807, 2.05) is 0 Å². The lowest BCUT2D eigenvalue weighted by atomic mass is 9.85. The molecule has 236 valence electrons. The van der Waals surface area contributed by atoms with Gasteiger partial charge in [0.1, 0.15) is 5.65 Å². The number of hydrogen-bond acceptors (Lipinski definition) is 1. The Morgan fingerprint density at radius 3 is 1.61 bits per heavy atom. The molecule has 0 radical (unpaired) electrons. The van der Waals surface area contributed by atoms with Crippen LogP contribution in [0.15, 0.2) is 182 Å². The third-order valence-electron chi connectivity index (χ3n) is 10.7. The summed E-state index contributed by atoms with van der Waals surface area (Å²) in [4.78, 5) is 5.07. The number of hydrogen-bond donors (Lipinski definition) is 0. The van der Waals surface area contributed by atoms with Crippen LogP contribution in [0.4, 0.5) is 0 Å². The first-order chi connectivity index (χ1) is 25.3. The fourth-order valence-electron chi connectivity index (χ4n) is 8.44. The highest BCUT2D eigenvalue weighted by molar-refractivity contribution is 6.22. The first-order valence-corrected chi connectivity index (χ1v) is 17.6. The molecule has 0 aliphatic carbocycles. The molecule has 2 aromatic heterocycles. The smallest absolute Gasteiger partial charge is 0.146 e. The van der Waals surface area contributed by atoms with E-state index in [1.165, 1.54) is 82.0 Å². The first kappa shape index (κ1) is 28.1. The minimum atomic E-state index is 1.000. The van der Waals surface area contributed by atoms with Crippen molar-refractivity contribution in [3.63, 3.8) is 0 Å². The summed E-state index contributed by atoms with van der Waals surface area (Å²) in [5.41, 5.74) is 11.7. The minimum absolute atomic E-state index is 1.000. The Morgan fingerprint density at radius 2 is 0.863 bits per heavy atom. The Bertz CT molecular complexity index is 3150. The fraction of sp³-hybridized carbons (Fsp3) is 0. The lowest BCUT2D eigenvalue weighted by Gasteiger charge is -2.18. The number of nitrogens with zero attached hydrogens (tertiary/aromatic N) is 2. The third kappa shape index (κ3) is 4.20. The molecule has 2 nitrogen and oxygen atoms in total. The molecule has 51 heavy (non-hydrogen) atoms. The van der Waals surface area contributed by atoms with Gasteiger partial charge in [0.05, 0.1) is 16.6 Å². The van der Waals surface area contributed by atoms with Crippen molar-refractivity contribution in [3.05, 3.63) is 182 Å². The summed E-state index contributed by atoms with van der Waals surface area (Å²) in [6.45, 7) is 0. The molecule has 0 fully saturated rings. The molecule has 0 aliphatic heterocycles. The molecule has 0 saturated carbocycles. The summed E-state index contributed by atoms with van der Waals surface area (Å²) in [7, 11) is 0. The zero-order valence-corrected chi connectivity index (χ0v) is 27.7. The van der Waals surface area contributed by atoms with Crippen LogP contribution in [0.5, 0.6) is 0 Å². The number of aromatic nitrogens is 2. The highest BCUT2D eigenvalue weighted by Gasteiger charge is 2.18. The van der Waals surface area contributed by atoms with Crippen molar-refractivity contribution in [3.8, 4) is 33.4 Å². The summed E-state index contributed by atoms with van der Waals surface area (Å²) >= 11 is 0. The minimum Gasteiger partial charge on any atom is -0.292 e. The monoisotopic (exact) mass is 646 g/mol. The molecule has 0 spiro atoms. The van der Waals surface area contributed by atoms with Crippen molar-refractivity contribution in [1.82, 2.24) is 9.38 Å². The molecule has 0 atom stereocenters. The van der Waals surface area contributed by atoms with Gasteiger partial charge in [-0.15, -0.1) is 0 Å². The number of benzene rings is 9. The van der Waals surface area contributed by atoms with E-state index < -0.39 is 0 Å². The van der Waals surface area contributed by atoms with Gasteiger partial charge in [-0.2, -0.15) is 0 Å². The van der Waals surface area contributed by atoms with Gasteiger partial charge in [0.25, 0.3) is 0 Å². The van der Waals surface area contributed by atoms with E-state index in [2.05, 4.69) is 186 Å². The maximum absolute atomic E-state index is 5.07. The largest absolute Gasteiger partial charge is 0.292 e. The van der Waals surface area contributed by atoms with Crippen molar-refractivity contribution >= 4 is 70.7 Å². The lowest BCUT2D eigenvalue weighted by Crippen LogP contribution is -1.93. The average molecular weight is 647 g/mol. The summed E-state index contributed by atoms with van der Waals surface area (Å²) in [6, 6.07) is 66.4. The second kappa shape index (κ2) is 10.9. The van der Waals surface area contributed by atoms with Crippen LogP contribution in [0.1, 0.15) is 0 Å². The van der Waals surface area contributed by atoms with Crippen LogP contribution >= 0.6 is 0 Å². The first-order valence-electron chi connectivity index (χ1n) is 17.6. The highest BCUT2D eigenvalue weighted by atomic mass is 15.0. The van der Waals surface area contributed by atoms with E-state index in [9.17, 15) is 0 Å². The topological polar surface area (TPSA) is 17.3 Å². The van der Waals surface area contributed by atoms with Crippen molar-refractivity contribution in [2.45, 2.75) is 0 Å². The lowest BCUT2D eigenvalue weighted by molar-refractivity contribution is 1.31. The van der Waals surface area contributed by atoms with E-state index in [-0.39, 0.29) is 0 Å². The molecule has 0 unspecified atom stereocenters. The Labute approximate surface area is 294 Å². The Hall–Kier alpha value is -6.77. The average Bonchev–Trinajstić information content (AvgIpc) is 3.60. The van der Waals surface area contributed by atoms with Crippen LogP contribution < -0.4 is 0 Å². The second-order valence-electron chi connectivity index (χ2n) is 13.5. The highest BCUT2D eigenvalue weighted by Crippen LogP contribution is 2.45. The maximum Gasteiger partial charge on any atom is 0.146 e. The van der Waals surface area contributed by atoms with E-state index in [0.717, 1.165) is 22.1 Å². The van der Waals surface area contributed by atoms with Gasteiger partial charge in [-0.25, -0.2) is 4.98 Å². The van der Waals surface area contributed by atoms with Crippen molar-refractivity contribution in [2.75, 3.05) is 0 Å². The quantitative estimate of drug-likeness (QED) is 0.138. The molecule has 2 heteroatoms. The van der Waals surface area contributed by atoms with Crippen LogP contribution in [0, 0.1) is 0 Å². The van der Waals surface area contributed by atoms with Gasteiger partial charge in [-0.1, -0.05) is 146 Å². The van der Waals surface area contributed by atoms with E-state index in [4.69, 9.17) is 4.98 Å². The molecule has 0 bridgehead atoms. The molecular formula is C49H30N2. The molecule has 11 aromatic rings. The van der Waals surface area contributed by atoms with Crippen molar-refractivity contribution in [1.29, 1.82) is 0 Å². The summed E-state index contributed by atoms with van der Waals surface area (Å²) < 4.78 is 2.32. The normalized spacial score (nSPS) is 11.9. The number of pyridine rings is 1. The maximum atomic E-state index is 5.07. The number of imidazole rings is 1. The molecule has 11 rings (SSSR count). The fourth-order valence-corrected chi connectivity index (χ4v) is 8.44. The van der Waals surface area contributed by atoms with Crippen LogP contribution in [-0.2, 0) is 0 Å². The van der Waals surface area contributed by atoms with Gasteiger partial charge < -0.3 is 0 Å². The van der Waals surface area contributed by atoms with Crippen LogP contribution in [0.3, 0.4) is 0 Å². The second-order valence-corrected chi connectivity index (χ2v) is 13.5. The number of para-hydroxylation sites is 2. The zero-order chi connectivity index (χ0) is 33.5. The summed E-state index contributed by atoms with van der Waals surface area (Å²) in [5, 5.41) is 11.2. The van der Waals surface area contributed by atoms with E-state index in [1.54, 1.807) is 0 Å². The Balaban J connectivity index is 1.14. The molecule has 0 N–H and O–H groups in total. The van der Waals surface area contributed by atoms with Gasteiger partial charge in [0, 0.05) is 10.8 Å². The molecule has 0 aliphatic rings. The number of fused-ring (bicyclic) bond motifs is 11. The van der Waals surface area contributed by atoms with Gasteiger partial charge in [-0.3, -0.25) is 4.40 Å². The third-order valence-corrected chi connectivity index (χ3v) is 10.7. The summed E-state index contributed by atoms with van der Waals surface area (Å²) in [5.74, 6) is 0. The van der Waals surface area contributed by atoms with E-state index in [0.29, 0.717) is 0 Å². The van der Waals surface area contributed by atoms with Gasteiger partial charge in [0.2, 0.25) is 0 Å². The van der Waals surface area contributed by atoms with Gasteiger partial charge in [-0.05, 0) is 107 Å². The summed E-state index contributed by atoms with van der Waals surface area (Å²) in [6.07, 6.45) is 0. The standard InChI is InChI=1S/C49H30N2/c1-2-13-32-28-36(25-24-31(32)12-1)48-40-19-6-4-17-38(40)47(39-18-5-7-20-41(39)48)35-15-11-14-33(29-35)34-26-27-45-43(30-34)37-16-3-8-21-42(37)49-50-44-22-9-10-23-46(44)51(45)49/h1-30H. The van der Waals surface area contributed by atoms with Crippen LogP contribution in [0.25, 0.3) is 104 Å². The van der Waals surface area contributed by atoms with Crippen LogP contribution in [0.2, 0.25) is 0 Å². The molecule has 2 heterocycles. The SMILES string of the molecule is c1cc(-c2ccc3c(c2)c2ccccc2c2nc4ccccc4n32)cc(-c2c3ccccc3c(-c3ccc4ccccc4c3)c3ccccc23)c1. The predicted molar refractivity (Wildman–Crippen MR) is 217 cm³/mol. The van der Waals surface area contributed by atoms with Gasteiger partial charge >= 0.3 is 0 Å². The zero-order valence-electron chi connectivity index (χ0n) is 27.7. The molecule has 0 amide bonds. The molecular weight excluding hydrogens is 617 g/mol. The van der Waals surface area contributed by atoms with E-state index >= 15 is 0 Å². The predicted octanol–water partition coefficient (Wildman–Crippen LogP) is 13.3.